The maximum atomic E-state index is 12.4. The van der Waals surface area contributed by atoms with Crippen LogP contribution in [0.15, 0.2) is 36.9 Å². The fourth-order valence-corrected chi connectivity index (χ4v) is 3.24. The smallest absolute Gasteiger partial charge is 0.226 e. The zero-order valence-electron chi connectivity index (χ0n) is 15.6. The zero-order valence-corrected chi connectivity index (χ0v) is 16.3. The van der Waals surface area contributed by atoms with E-state index in [-0.39, 0.29) is 5.91 Å². The van der Waals surface area contributed by atoms with Crippen molar-refractivity contribution < 1.29 is 9.53 Å². The Kier molecular flexibility index (Phi) is 9.75. The molecule has 1 saturated heterocycles. The average Bonchev–Trinajstić information content (AvgIpc) is 2.66. The molecule has 1 fully saturated rings. The maximum Gasteiger partial charge on any atom is 0.226 e. The first-order chi connectivity index (χ1) is 12.7. The highest BCUT2D eigenvalue weighted by molar-refractivity contribution is 6.30. The fourth-order valence-electron chi connectivity index (χ4n) is 3.12. The van der Waals surface area contributed by atoms with E-state index in [1.54, 1.807) is 0 Å². The molecule has 1 aromatic carbocycles. The van der Waals surface area contributed by atoms with Gasteiger partial charge in [-0.15, -0.1) is 6.58 Å². The Morgan fingerprint density at radius 3 is 2.69 bits per heavy atom. The lowest BCUT2D eigenvalue weighted by Crippen LogP contribution is -2.40. The highest BCUT2D eigenvalue weighted by atomic mass is 35.5. The van der Waals surface area contributed by atoms with E-state index in [1.807, 2.05) is 35.2 Å². The monoisotopic (exact) mass is 378 g/mol. The molecule has 144 valence electrons. The number of nitrogens with zero attached hydrogens (tertiary/aromatic N) is 1. The number of likely N-dealkylation sites (tertiary alicyclic amines) is 1. The van der Waals surface area contributed by atoms with Crippen molar-refractivity contribution in [1.82, 2.24) is 10.2 Å². The first-order valence-electron chi connectivity index (χ1n) is 9.60. The molecule has 0 saturated carbocycles. The Morgan fingerprint density at radius 1 is 1.27 bits per heavy atom. The number of nitrogens with one attached hydrogen (secondary N) is 1. The number of hydrogen-bond donors (Lipinski definition) is 1. The van der Waals surface area contributed by atoms with Crippen molar-refractivity contribution in [2.24, 2.45) is 5.92 Å². The molecule has 1 amide bonds. The average molecular weight is 379 g/mol. The van der Waals surface area contributed by atoms with Crippen LogP contribution < -0.4 is 5.32 Å². The normalized spacial score (nSPS) is 15.2. The van der Waals surface area contributed by atoms with Crippen molar-refractivity contribution in [2.75, 3.05) is 39.4 Å². The molecule has 4 nitrogen and oxygen atoms in total. The summed E-state index contributed by atoms with van der Waals surface area (Å²) in [4.78, 5) is 14.4. The van der Waals surface area contributed by atoms with E-state index in [0.717, 1.165) is 70.6 Å². The lowest BCUT2D eigenvalue weighted by Gasteiger charge is -2.32. The highest BCUT2D eigenvalue weighted by Crippen LogP contribution is 2.19. The van der Waals surface area contributed by atoms with Crippen LogP contribution in [0.3, 0.4) is 0 Å². The minimum atomic E-state index is 0.206. The number of ether oxygens (including phenoxy) is 1. The number of halogens is 1. The largest absolute Gasteiger partial charge is 0.381 e. The number of amides is 1. The van der Waals surface area contributed by atoms with Gasteiger partial charge in [-0.1, -0.05) is 29.8 Å². The molecular weight excluding hydrogens is 348 g/mol. The van der Waals surface area contributed by atoms with E-state index in [0.29, 0.717) is 17.4 Å². The third-order valence-electron chi connectivity index (χ3n) is 4.76. The van der Waals surface area contributed by atoms with Gasteiger partial charge in [0, 0.05) is 31.3 Å². The van der Waals surface area contributed by atoms with Crippen LogP contribution in [0, 0.1) is 5.92 Å². The summed E-state index contributed by atoms with van der Waals surface area (Å²) in [5.74, 6) is 0.778. The van der Waals surface area contributed by atoms with Crippen LogP contribution in [0.4, 0.5) is 0 Å². The van der Waals surface area contributed by atoms with E-state index in [4.69, 9.17) is 16.3 Å². The number of piperidine rings is 1. The van der Waals surface area contributed by atoms with Gasteiger partial charge in [0.05, 0.1) is 6.42 Å². The van der Waals surface area contributed by atoms with Crippen LogP contribution >= 0.6 is 11.6 Å². The van der Waals surface area contributed by atoms with Crippen molar-refractivity contribution in [2.45, 2.75) is 32.1 Å². The first kappa shape index (κ1) is 20.9. The predicted molar refractivity (Wildman–Crippen MR) is 108 cm³/mol. The molecule has 5 heteroatoms. The molecule has 1 aromatic rings. The van der Waals surface area contributed by atoms with Gasteiger partial charge in [-0.25, -0.2) is 0 Å². The summed E-state index contributed by atoms with van der Waals surface area (Å²) in [6, 6.07) is 7.52. The van der Waals surface area contributed by atoms with Gasteiger partial charge in [-0.3, -0.25) is 4.79 Å². The minimum absolute atomic E-state index is 0.206. The van der Waals surface area contributed by atoms with Gasteiger partial charge in [-0.05, 0) is 62.4 Å². The molecule has 0 radical (unpaired) electrons. The molecule has 0 aromatic heterocycles. The molecule has 1 N–H and O–H groups in total. The quantitative estimate of drug-likeness (QED) is 0.471. The zero-order chi connectivity index (χ0) is 18.6. The maximum absolute atomic E-state index is 12.4. The van der Waals surface area contributed by atoms with Crippen LogP contribution in [-0.4, -0.2) is 50.2 Å². The van der Waals surface area contributed by atoms with E-state index in [9.17, 15) is 4.79 Å². The predicted octanol–water partition coefficient (Wildman–Crippen LogP) is 3.69. The van der Waals surface area contributed by atoms with Gasteiger partial charge in [0.1, 0.15) is 0 Å². The second kappa shape index (κ2) is 12.1. The molecule has 0 unspecified atom stereocenters. The summed E-state index contributed by atoms with van der Waals surface area (Å²) in [5, 5.41) is 4.07. The SMILES string of the molecule is C=CCCNCCCOCC1CCN(C(=O)Cc2ccc(Cl)cc2)CC1. The van der Waals surface area contributed by atoms with Crippen molar-refractivity contribution >= 4 is 17.5 Å². The number of rotatable bonds is 11. The van der Waals surface area contributed by atoms with E-state index in [2.05, 4.69) is 11.9 Å². The Labute approximate surface area is 162 Å². The second-order valence-corrected chi connectivity index (χ2v) is 7.32. The van der Waals surface area contributed by atoms with Crippen molar-refractivity contribution in [1.29, 1.82) is 0 Å². The summed E-state index contributed by atoms with van der Waals surface area (Å²) in [6.45, 7) is 8.98. The number of carbonyl (C=O) groups is 1. The first-order valence-corrected chi connectivity index (χ1v) is 9.98. The molecule has 26 heavy (non-hydrogen) atoms. The number of benzene rings is 1. The molecule has 1 heterocycles. The van der Waals surface area contributed by atoms with Gasteiger partial charge in [0.25, 0.3) is 0 Å². The van der Waals surface area contributed by atoms with Crippen LogP contribution in [0.1, 0.15) is 31.2 Å². The molecule has 2 rings (SSSR count). The van der Waals surface area contributed by atoms with Crippen molar-refractivity contribution in [3.8, 4) is 0 Å². The lowest BCUT2D eigenvalue weighted by atomic mass is 9.97. The Hall–Kier alpha value is -1.36. The van der Waals surface area contributed by atoms with Crippen LogP contribution in [0.2, 0.25) is 5.02 Å². The van der Waals surface area contributed by atoms with Crippen LogP contribution in [-0.2, 0) is 16.0 Å². The molecule has 0 atom stereocenters. The fraction of sp³-hybridized carbons (Fsp3) is 0.571. The minimum Gasteiger partial charge on any atom is -0.381 e. The Morgan fingerprint density at radius 2 is 2.00 bits per heavy atom. The molecule has 0 bridgehead atoms. The lowest BCUT2D eigenvalue weighted by molar-refractivity contribution is -0.132. The number of hydrogen-bond acceptors (Lipinski definition) is 3. The summed E-state index contributed by atoms with van der Waals surface area (Å²) < 4.78 is 5.81. The van der Waals surface area contributed by atoms with Crippen molar-refractivity contribution in [3.63, 3.8) is 0 Å². The summed E-state index contributed by atoms with van der Waals surface area (Å²) >= 11 is 5.89. The van der Waals surface area contributed by atoms with Crippen LogP contribution in [0.5, 0.6) is 0 Å². The van der Waals surface area contributed by atoms with Gasteiger partial charge >= 0.3 is 0 Å². The third kappa shape index (κ3) is 7.90. The number of carbonyl (C=O) groups excluding carboxylic acids is 1. The highest BCUT2D eigenvalue weighted by Gasteiger charge is 2.22. The molecule has 0 spiro atoms. The molecular formula is C21H31ClN2O2. The van der Waals surface area contributed by atoms with Gasteiger partial charge in [0.15, 0.2) is 0 Å². The topological polar surface area (TPSA) is 41.6 Å². The van der Waals surface area contributed by atoms with Gasteiger partial charge < -0.3 is 15.0 Å². The second-order valence-electron chi connectivity index (χ2n) is 6.88. The van der Waals surface area contributed by atoms with E-state index in [1.165, 1.54) is 0 Å². The van der Waals surface area contributed by atoms with Crippen LogP contribution in [0.25, 0.3) is 0 Å². The molecule has 1 aliphatic heterocycles. The summed E-state index contributed by atoms with van der Waals surface area (Å²) in [7, 11) is 0. The molecule has 0 aliphatic carbocycles. The summed E-state index contributed by atoms with van der Waals surface area (Å²) in [6.07, 6.45) is 6.49. The van der Waals surface area contributed by atoms with Gasteiger partial charge in [0.2, 0.25) is 5.91 Å². The van der Waals surface area contributed by atoms with Crippen molar-refractivity contribution in [3.05, 3.63) is 47.5 Å². The van der Waals surface area contributed by atoms with Gasteiger partial charge in [-0.2, -0.15) is 0 Å². The van der Waals surface area contributed by atoms with E-state index >= 15 is 0 Å². The summed E-state index contributed by atoms with van der Waals surface area (Å²) in [5.41, 5.74) is 1.02. The van der Waals surface area contributed by atoms with E-state index < -0.39 is 0 Å². The standard InChI is InChI=1S/C21H31ClN2O2/c1-2-3-11-23-12-4-15-26-17-19-9-13-24(14-10-19)21(25)16-18-5-7-20(22)8-6-18/h2,5-8,19,23H,1,3-4,9-17H2. The molecule has 1 aliphatic rings. The Bertz CT molecular complexity index is 539. The third-order valence-corrected chi connectivity index (χ3v) is 5.01. The Balaban J connectivity index is 1.55.